The SMILES string of the molecule is C[C@H](SCc1ccccc1)C(=O)Nc1ccccc1C(=O)NCCc1ccccc1. The van der Waals surface area contributed by atoms with Crippen LogP contribution in [-0.2, 0) is 17.0 Å². The first kappa shape index (κ1) is 21.7. The summed E-state index contributed by atoms with van der Waals surface area (Å²) in [5.41, 5.74) is 3.36. The van der Waals surface area contributed by atoms with Crippen molar-refractivity contribution < 1.29 is 9.59 Å². The molecule has 0 aromatic heterocycles. The summed E-state index contributed by atoms with van der Waals surface area (Å²) in [4.78, 5) is 25.3. The highest BCUT2D eigenvalue weighted by molar-refractivity contribution is 7.99. The number of hydrogen-bond acceptors (Lipinski definition) is 3. The van der Waals surface area contributed by atoms with Gasteiger partial charge in [0.1, 0.15) is 0 Å². The number of nitrogens with one attached hydrogen (secondary N) is 2. The van der Waals surface area contributed by atoms with E-state index in [2.05, 4.69) is 10.6 Å². The molecule has 3 rings (SSSR count). The summed E-state index contributed by atoms with van der Waals surface area (Å²) < 4.78 is 0. The van der Waals surface area contributed by atoms with Crippen LogP contribution in [0.2, 0.25) is 0 Å². The lowest BCUT2D eigenvalue weighted by Gasteiger charge is -2.15. The van der Waals surface area contributed by atoms with Gasteiger partial charge in [0.25, 0.3) is 5.91 Å². The summed E-state index contributed by atoms with van der Waals surface area (Å²) >= 11 is 1.57. The molecule has 0 fully saturated rings. The fourth-order valence-electron chi connectivity index (χ4n) is 2.96. The fourth-order valence-corrected chi connectivity index (χ4v) is 3.80. The lowest BCUT2D eigenvalue weighted by atomic mass is 10.1. The van der Waals surface area contributed by atoms with Gasteiger partial charge in [-0.1, -0.05) is 72.8 Å². The number of benzene rings is 3. The van der Waals surface area contributed by atoms with Gasteiger partial charge in [0, 0.05) is 12.3 Å². The zero-order valence-corrected chi connectivity index (χ0v) is 17.8. The van der Waals surface area contributed by atoms with E-state index in [9.17, 15) is 9.59 Å². The molecule has 0 aliphatic heterocycles. The first-order chi connectivity index (χ1) is 14.6. The highest BCUT2D eigenvalue weighted by Gasteiger charge is 2.17. The normalized spacial score (nSPS) is 11.5. The van der Waals surface area contributed by atoms with Crippen molar-refractivity contribution in [1.29, 1.82) is 0 Å². The van der Waals surface area contributed by atoms with E-state index in [1.165, 1.54) is 11.1 Å². The van der Waals surface area contributed by atoms with Crippen LogP contribution in [0.15, 0.2) is 84.9 Å². The number of anilines is 1. The number of rotatable bonds is 9. The summed E-state index contributed by atoms with van der Waals surface area (Å²) in [7, 11) is 0. The topological polar surface area (TPSA) is 58.2 Å². The van der Waals surface area contributed by atoms with Gasteiger partial charge in [-0.2, -0.15) is 0 Å². The summed E-state index contributed by atoms with van der Waals surface area (Å²) in [6.07, 6.45) is 0.758. The van der Waals surface area contributed by atoms with Gasteiger partial charge in [-0.05, 0) is 36.6 Å². The van der Waals surface area contributed by atoms with E-state index >= 15 is 0 Å². The Morgan fingerprint density at radius 1 is 0.833 bits per heavy atom. The van der Waals surface area contributed by atoms with Gasteiger partial charge in [0.2, 0.25) is 5.91 Å². The van der Waals surface area contributed by atoms with Gasteiger partial charge >= 0.3 is 0 Å². The Labute approximate surface area is 182 Å². The molecule has 0 saturated heterocycles. The van der Waals surface area contributed by atoms with Crippen LogP contribution >= 0.6 is 11.8 Å². The Balaban J connectivity index is 1.54. The minimum atomic E-state index is -0.237. The molecule has 2 N–H and O–H groups in total. The number of hydrogen-bond donors (Lipinski definition) is 2. The number of carbonyl (C=O) groups excluding carboxylic acids is 2. The molecule has 0 unspecified atom stereocenters. The number of thioether (sulfide) groups is 1. The van der Waals surface area contributed by atoms with Crippen molar-refractivity contribution in [2.24, 2.45) is 0 Å². The molecule has 4 nitrogen and oxygen atoms in total. The van der Waals surface area contributed by atoms with Crippen LogP contribution in [0.25, 0.3) is 0 Å². The second-order valence-electron chi connectivity index (χ2n) is 6.97. The first-order valence-electron chi connectivity index (χ1n) is 10.0. The molecule has 1 atom stereocenters. The zero-order valence-electron chi connectivity index (χ0n) is 17.0. The van der Waals surface area contributed by atoms with E-state index in [4.69, 9.17) is 0 Å². The minimum absolute atomic E-state index is 0.111. The van der Waals surface area contributed by atoms with Crippen LogP contribution in [0, 0.1) is 0 Å². The maximum Gasteiger partial charge on any atom is 0.253 e. The van der Waals surface area contributed by atoms with Crippen LogP contribution in [0.4, 0.5) is 5.69 Å². The summed E-state index contributed by atoms with van der Waals surface area (Å²) in [5.74, 6) is 0.462. The Hall–Kier alpha value is -3.05. The van der Waals surface area contributed by atoms with E-state index < -0.39 is 0 Å². The largest absolute Gasteiger partial charge is 0.352 e. The van der Waals surface area contributed by atoms with E-state index in [0.717, 1.165) is 12.2 Å². The van der Waals surface area contributed by atoms with Crippen LogP contribution in [0.3, 0.4) is 0 Å². The van der Waals surface area contributed by atoms with Gasteiger partial charge in [-0.15, -0.1) is 11.8 Å². The predicted molar refractivity (Wildman–Crippen MR) is 125 cm³/mol. The Bertz CT molecular complexity index is 961. The molecule has 0 bridgehead atoms. The van der Waals surface area contributed by atoms with Crippen LogP contribution in [-0.4, -0.2) is 23.6 Å². The van der Waals surface area contributed by atoms with Gasteiger partial charge in [-0.3, -0.25) is 9.59 Å². The first-order valence-corrected chi connectivity index (χ1v) is 11.1. The van der Waals surface area contributed by atoms with Crippen LogP contribution in [0.5, 0.6) is 0 Å². The van der Waals surface area contributed by atoms with Gasteiger partial charge in [-0.25, -0.2) is 0 Å². The molecular weight excluding hydrogens is 392 g/mol. The van der Waals surface area contributed by atoms with Crippen molar-refractivity contribution in [2.45, 2.75) is 24.3 Å². The van der Waals surface area contributed by atoms with Crippen molar-refractivity contribution in [2.75, 3.05) is 11.9 Å². The predicted octanol–water partition coefficient (Wildman–Crippen LogP) is 4.92. The lowest BCUT2D eigenvalue weighted by Crippen LogP contribution is -2.28. The van der Waals surface area contributed by atoms with E-state index in [-0.39, 0.29) is 17.1 Å². The summed E-state index contributed by atoms with van der Waals surface area (Å²) in [6.45, 7) is 2.42. The molecule has 0 radical (unpaired) electrons. The van der Waals surface area contributed by atoms with Crippen molar-refractivity contribution >= 4 is 29.3 Å². The smallest absolute Gasteiger partial charge is 0.253 e. The average molecular weight is 419 g/mol. The molecule has 3 aromatic carbocycles. The van der Waals surface area contributed by atoms with E-state index in [1.54, 1.807) is 30.0 Å². The van der Waals surface area contributed by atoms with Gasteiger partial charge in [0.05, 0.1) is 16.5 Å². The zero-order chi connectivity index (χ0) is 21.2. The Kier molecular flexibility index (Phi) is 8.10. The number of amides is 2. The van der Waals surface area contributed by atoms with Crippen molar-refractivity contribution in [3.05, 3.63) is 102 Å². The summed E-state index contributed by atoms with van der Waals surface area (Å²) in [5, 5.41) is 5.62. The van der Waals surface area contributed by atoms with Crippen molar-refractivity contribution in [3.8, 4) is 0 Å². The third-order valence-corrected chi connectivity index (χ3v) is 5.90. The quantitative estimate of drug-likeness (QED) is 0.519. The molecular formula is C25H26N2O2S. The number of para-hydroxylation sites is 1. The summed E-state index contributed by atoms with van der Waals surface area (Å²) in [6, 6.07) is 27.2. The molecule has 0 aliphatic rings. The molecule has 5 heteroatoms. The maximum atomic E-state index is 12.7. The van der Waals surface area contributed by atoms with Crippen molar-refractivity contribution in [1.82, 2.24) is 5.32 Å². The van der Waals surface area contributed by atoms with Crippen molar-refractivity contribution in [3.63, 3.8) is 0 Å². The van der Waals surface area contributed by atoms with Crippen LogP contribution in [0.1, 0.15) is 28.4 Å². The molecule has 0 aliphatic carbocycles. The second-order valence-corrected chi connectivity index (χ2v) is 8.29. The Morgan fingerprint density at radius 2 is 1.43 bits per heavy atom. The van der Waals surface area contributed by atoms with Crippen LogP contribution < -0.4 is 10.6 Å². The molecule has 0 saturated carbocycles. The maximum absolute atomic E-state index is 12.7. The molecule has 2 amide bonds. The second kappa shape index (κ2) is 11.2. The Morgan fingerprint density at radius 3 is 2.13 bits per heavy atom. The molecule has 3 aromatic rings. The molecule has 154 valence electrons. The average Bonchev–Trinajstić information content (AvgIpc) is 2.79. The molecule has 30 heavy (non-hydrogen) atoms. The fraction of sp³-hybridized carbons (Fsp3) is 0.200. The van der Waals surface area contributed by atoms with Gasteiger partial charge < -0.3 is 10.6 Å². The third kappa shape index (κ3) is 6.49. The number of carbonyl (C=O) groups is 2. The molecule has 0 heterocycles. The highest BCUT2D eigenvalue weighted by atomic mass is 32.2. The standard InChI is InChI=1S/C25H26N2O2S/c1-19(30-18-21-12-6-3-7-13-21)24(28)27-23-15-9-8-14-22(23)25(29)26-17-16-20-10-4-2-5-11-20/h2-15,19H,16-18H2,1H3,(H,26,29)(H,27,28)/t19-/m0/s1. The van der Waals surface area contributed by atoms with E-state index in [0.29, 0.717) is 17.8 Å². The lowest BCUT2D eigenvalue weighted by molar-refractivity contribution is -0.115. The third-order valence-electron chi connectivity index (χ3n) is 4.68. The van der Waals surface area contributed by atoms with Gasteiger partial charge in [0.15, 0.2) is 0 Å². The highest BCUT2D eigenvalue weighted by Crippen LogP contribution is 2.21. The minimum Gasteiger partial charge on any atom is -0.352 e. The molecule has 0 spiro atoms. The monoisotopic (exact) mass is 418 g/mol. The van der Waals surface area contributed by atoms with E-state index in [1.807, 2.05) is 73.7 Å².